The monoisotopic (exact) mass is 259 g/mol. The van der Waals surface area contributed by atoms with Crippen LogP contribution >= 0.6 is 0 Å². The molecule has 1 aliphatic rings. The maximum atomic E-state index is 3.73. The lowest BCUT2D eigenvalue weighted by Gasteiger charge is -2.50. The van der Waals surface area contributed by atoms with Gasteiger partial charge in [-0.3, -0.25) is 0 Å². The minimum absolute atomic E-state index is 0.201. The molecule has 1 fully saturated rings. The summed E-state index contributed by atoms with van der Waals surface area (Å²) in [5.41, 5.74) is 3.59. The zero-order valence-electron chi connectivity index (χ0n) is 13.2. The summed E-state index contributed by atoms with van der Waals surface area (Å²) >= 11 is 0. The highest BCUT2D eigenvalue weighted by molar-refractivity contribution is 5.36. The third kappa shape index (κ3) is 3.20. The van der Waals surface area contributed by atoms with E-state index in [0.29, 0.717) is 5.41 Å². The smallest absolute Gasteiger partial charge is 0.00968 e. The van der Waals surface area contributed by atoms with Crippen LogP contribution in [0.4, 0.5) is 0 Å². The zero-order valence-corrected chi connectivity index (χ0v) is 13.2. The van der Waals surface area contributed by atoms with Gasteiger partial charge in [-0.05, 0) is 57.6 Å². The van der Waals surface area contributed by atoms with E-state index in [1.54, 1.807) is 5.56 Å². The fourth-order valence-electron chi connectivity index (χ4n) is 3.40. The van der Waals surface area contributed by atoms with Gasteiger partial charge in [-0.1, -0.05) is 37.6 Å². The SMILES string of the molecule is CCC1CC(CNC(C)(C)C)(c2ccccc2C)C1. The van der Waals surface area contributed by atoms with Gasteiger partial charge in [0.25, 0.3) is 0 Å². The minimum Gasteiger partial charge on any atom is -0.311 e. The first-order chi connectivity index (χ1) is 8.86. The minimum atomic E-state index is 0.201. The van der Waals surface area contributed by atoms with Crippen LogP contribution in [-0.2, 0) is 5.41 Å². The van der Waals surface area contributed by atoms with Crippen LogP contribution in [0, 0.1) is 12.8 Å². The molecular weight excluding hydrogens is 230 g/mol. The van der Waals surface area contributed by atoms with Gasteiger partial charge in [0.05, 0.1) is 0 Å². The molecule has 0 radical (unpaired) electrons. The molecule has 2 rings (SSSR count). The van der Waals surface area contributed by atoms with Gasteiger partial charge in [0.1, 0.15) is 0 Å². The lowest BCUT2D eigenvalue weighted by atomic mass is 9.57. The van der Waals surface area contributed by atoms with Crippen LogP contribution in [0.3, 0.4) is 0 Å². The molecule has 1 aliphatic carbocycles. The van der Waals surface area contributed by atoms with Crippen molar-refractivity contribution in [3.63, 3.8) is 0 Å². The van der Waals surface area contributed by atoms with Gasteiger partial charge in [0.2, 0.25) is 0 Å². The van der Waals surface area contributed by atoms with Crippen LogP contribution in [-0.4, -0.2) is 12.1 Å². The highest BCUT2D eigenvalue weighted by atomic mass is 15.0. The molecule has 0 heterocycles. The average Bonchev–Trinajstić information content (AvgIpc) is 2.28. The van der Waals surface area contributed by atoms with Crippen molar-refractivity contribution in [3.8, 4) is 0 Å². The van der Waals surface area contributed by atoms with Gasteiger partial charge in [0, 0.05) is 17.5 Å². The highest BCUT2D eigenvalue weighted by Gasteiger charge is 2.45. The van der Waals surface area contributed by atoms with E-state index in [2.05, 4.69) is 64.2 Å². The number of aryl methyl sites for hydroxylation is 1. The second-order valence-corrected chi connectivity index (χ2v) is 7.38. The van der Waals surface area contributed by atoms with E-state index in [1.165, 1.54) is 24.8 Å². The molecule has 0 atom stereocenters. The number of hydrogen-bond donors (Lipinski definition) is 1. The largest absolute Gasteiger partial charge is 0.311 e. The molecule has 1 aromatic rings. The van der Waals surface area contributed by atoms with Crippen molar-refractivity contribution in [2.24, 2.45) is 5.92 Å². The predicted molar refractivity (Wildman–Crippen MR) is 83.6 cm³/mol. The van der Waals surface area contributed by atoms with E-state index in [0.717, 1.165) is 12.5 Å². The molecule has 0 saturated heterocycles. The van der Waals surface area contributed by atoms with E-state index in [1.807, 2.05) is 0 Å². The summed E-state index contributed by atoms with van der Waals surface area (Å²) in [7, 11) is 0. The Bertz CT molecular complexity index is 422. The Kier molecular flexibility index (Phi) is 4.06. The second kappa shape index (κ2) is 5.28. The van der Waals surface area contributed by atoms with E-state index in [4.69, 9.17) is 0 Å². The lowest BCUT2D eigenvalue weighted by molar-refractivity contribution is 0.124. The first-order valence-corrected chi connectivity index (χ1v) is 7.67. The number of rotatable bonds is 4. The molecule has 0 amide bonds. The van der Waals surface area contributed by atoms with Gasteiger partial charge in [-0.2, -0.15) is 0 Å². The summed E-state index contributed by atoms with van der Waals surface area (Å²) in [5, 5.41) is 3.73. The molecule has 0 aliphatic heterocycles. The van der Waals surface area contributed by atoms with Gasteiger partial charge >= 0.3 is 0 Å². The van der Waals surface area contributed by atoms with Crippen LogP contribution in [0.15, 0.2) is 24.3 Å². The van der Waals surface area contributed by atoms with Crippen molar-refractivity contribution in [1.82, 2.24) is 5.32 Å². The number of nitrogens with one attached hydrogen (secondary N) is 1. The molecule has 0 bridgehead atoms. The Labute approximate surface area is 118 Å². The van der Waals surface area contributed by atoms with Crippen molar-refractivity contribution >= 4 is 0 Å². The highest BCUT2D eigenvalue weighted by Crippen LogP contribution is 2.49. The van der Waals surface area contributed by atoms with E-state index in [-0.39, 0.29) is 5.54 Å². The molecule has 0 aromatic heterocycles. The molecule has 1 saturated carbocycles. The van der Waals surface area contributed by atoms with Gasteiger partial charge in [-0.25, -0.2) is 0 Å². The Hall–Kier alpha value is -0.820. The van der Waals surface area contributed by atoms with Gasteiger partial charge < -0.3 is 5.32 Å². The Morgan fingerprint density at radius 3 is 2.37 bits per heavy atom. The molecule has 1 nitrogen and oxygen atoms in total. The molecule has 1 N–H and O–H groups in total. The molecule has 1 heteroatoms. The average molecular weight is 259 g/mol. The van der Waals surface area contributed by atoms with Crippen molar-refractivity contribution in [3.05, 3.63) is 35.4 Å². The Balaban J connectivity index is 2.20. The Morgan fingerprint density at radius 2 is 1.84 bits per heavy atom. The summed E-state index contributed by atoms with van der Waals surface area (Å²) in [5.74, 6) is 0.918. The van der Waals surface area contributed by atoms with Gasteiger partial charge in [-0.15, -0.1) is 0 Å². The quantitative estimate of drug-likeness (QED) is 0.843. The summed E-state index contributed by atoms with van der Waals surface area (Å²) in [6, 6.07) is 8.94. The first-order valence-electron chi connectivity index (χ1n) is 7.67. The predicted octanol–water partition coefficient (Wildman–Crippen LogP) is 4.44. The number of hydrogen-bond acceptors (Lipinski definition) is 1. The maximum Gasteiger partial charge on any atom is 0.00968 e. The topological polar surface area (TPSA) is 12.0 Å². The van der Waals surface area contributed by atoms with Crippen LogP contribution < -0.4 is 5.32 Å². The third-order valence-electron chi connectivity index (χ3n) is 4.61. The molecule has 19 heavy (non-hydrogen) atoms. The van der Waals surface area contributed by atoms with E-state index >= 15 is 0 Å². The van der Waals surface area contributed by atoms with E-state index < -0.39 is 0 Å². The third-order valence-corrected chi connectivity index (χ3v) is 4.61. The van der Waals surface area contributed by atoms with Crippen LogP contribution in [0.2, 0.25) is 0 Å². The first kappa shape index (κ1) is 14.6. The summed E-state index contributed by atoms with van der Waals surface area (Å²) in [4.78, 5) is 0. The number of benzene rings is 1. The lowest BCUT2D eigenvalue weighted by Crippen LogP contribution is -2.52. The van der Waals surface area contributed by atoms with Crippen LogP contribution in [0.25, 0.3) is 0 Å². The fourth-order valence-corrected chi connectivity index (χ4v) is 3.40. The Morgan fingerprint density at radius 1 is 1.21 bits per heavy atom. The maximum absolute atomic E-state index is 3.73. The van der Waals surface area contributed by atoms with Crippen LogP contribution in [0.5, 0.6) is 0 Å². The van der Waals surface area contributed by atoms with Crippen molar-refractivity contribution in [2.45, 2.75) is 64.8 Å². The van der Waals surface area contributed by atoms with Crippen LogP contribution in [0.1, 0.15) is 58.1 Å². The molecule has 1 aromatic carbocycles. The van der Waals surface area contributed by atoms with Crippen molar-refractivity contribution in [1.29, 1.82) is 0 Å². The fraction of sp³-hybridized carbons (Fsp3) is 0.667. The summed E-state index contributed by atoms with van der Waals surface area (Å²) in [6.07, 6.45) is 4.01. The van der Waals surface area contributed by atoms with E-state index in [9.17, 15) is 0 Å². The van der Waals surface area contributed by atoms with Crippen molar-refractivity contribution in [2.75, 3.05) is 6.54 Å². The molecule has 106 valence electrons. The standard InChI is InChI=1S/C18H29N/c1-6-15-11-18(12-15,13-19-17(3,4)5)16-10-8-7-9-14(16)2/h7-10,15,19H,6,11-13H2,1-5H3. The van der Waals surface area contributed by atoms with Gasteiger partial charge in [0.15, 0.2) is 0 Å². The summed E-state index contributed by atoms with van der Waals surface area (Å²) < 4.78 is 0. The second-order valence-electron chi connectivity index (χ2n) is 7.38. The molecule has 0 unspecified atom stereocenters. The van der Waals surface area contributed by atoms with Crippen molar-refractivity contribution < 1.29 is 0 Å². The molecular formula is C18H29N. The zero-order chi connectivity index (χ0) is 14.1. The normalized spacial score (nSPS) is 27.1. The summed E-state index contributed by atoms with van der Waals surface area (Å²) in [6.45, 7) is 12.5. The molecule has 0 spiro atoms.